The Balaban J connectivity index is 1.14. The number of hydrogen-bond acceptors (Lipinski definition) is 4. The highest BCUT2D eigenvalue weighted by atomic mass is 16.2. The van der Waals surface area contributed by atoms with Crippen LogP contribution in [0.4, 0.5) is 0 Å². The summed E-state index contributed by atoms with van der Waals surface area (Å²) in [5, 5.41) is 1.13. The normalized spacial score (nSPS) is 24.5. The summed E-state index contributed by atoms with van der Waals surface area (Å²) in [6.45, 7) is 3.56. The zero-order chi connectivity index (χ0) is 25.2. The lowest BCUT2D eigenvalue weighted by Crippen LogP contribution is -2.53. The van der Waals surface area contributed by atoms with Gasteiger partial charge in [-0.3, -0.25) is 9.79 Å². The molecule has 3 aromatic rings. The average molecular weight is 492 g/mol. The first kappa shape index (κ1) is 22.4. The number of carbonyl (C=O) groups is 1. The number of aryl methyl sites for hydroxylation is 1. The van der Waals surface area contributed by atoms with E-state index in [1.807, 2.05) is 24.5 Å². The number of para-hydroxylation sites is 1. The van der Waals surface area contributed by atoms with Crippen LogP contribution >= 0.6 is 0 Å². The van der Waals surface area contributed by atoms with Gasteiger partial charge in [-0.1, -0.05) is 48.0 Å². The zero-order valence-electron chi connectivity index (χ0n) is 21.0. The Morgan fingerprint density at radius 3 is 2.59 bits per heavy atom. The molecule has 1 unspecified atom stereocenters. The lowest BCUT2D eigenvalue weighted by atomic mass is 9.89. The van der Waals surface area contributed by atoms with Gasteiger partial charge < -0.3 is 9.88 Å². The molecule has 2 fully saturated rings. The van der Waals surface area contributed by atoms with Crippen molar-refractivity contribution in [1.82, 2.24) is 9.88 Å². The van der Waals surface area contributed by atoms with Crippen molar-refractivity contribution in [3.8, 4) is 0 Å². The SMILES string of the molecule is Cc1ccc(C2(C(=O)N3CCC(C4=C5C=NC=C[N+]5(N)C(c5cc6ccccc6[nH]5)=N4)CC3)CC2)cc1. The van der Waals surface area contributed by atoms with E-state index in [-0.39, 0.29) is 21.8 Å². The number of likely N-dealkylation sites (tertiary alicyclic amines) is 1. The third-order valence-electron chi connectivity index (χ3n) is 8.53. The van der Waals surface area contributed by atoms with Crippen molar-refractivity contribution in [2.24, 2.45) is 21.7 Å². The first-order chi connectivity index (χ1) is 18.0. The maximum absolute atomic E-state index is 13.6. The topological polar surface area (TPSA) is 86.8 Å². The summed E-state index contributed by atoms with van der Waals surface area (Å²) in [6.07, 6.45) is 9.11. The van der Waals surface area contributed by atoms with E-state index < -0.39 is 0 Å². The first-order valence-electron chi connectivity index (χ1n) is 13.1. The summed E-state index contributed by atoms with van der Waals surface area (Å²) < 4.78 is 0.0152. The number of quaternary nitrogens is 1. The molecule has 1 aromatic heterocycles. The lowest BCUT2D eigenvalue weighted by molar-refractivity contribution is -0.750. The number of H-pyrrole nitrogens is 1. The third kappa shape index (κ3) is 3.45. The van der Waals surface area contributed by atoms with Crippen LogP contribution in [0.3, 0.4) is 0 Å². The van der Waals surface area contributed by atoms with E-state index in [0.29, 0.717) is 0 Å². The number of amides is 1. The monoisotopic (exact) mass is 491 g/mol. The molecule has 1 atom stereocenters. The largest absolute Gasteiger partial charge is 0.349 e. The van der Waals surface area contributed by atoms with Gasteiger partial charge in [0.2, 0.25) is 11.6 Å². The van der Waals surface area contributed by atoms with Gasteiger partial charge in [-0.25, -0.2) is 0 Å². The number of aromatic amines is 1. The lowest BCUT2D eigenvalue weighted by Gasteiger charge is -2.34. The van der Waals surface area contributed by atoms with Crippen LogP contribution in [0.25, 0.3) is 10.9 Å². The summed E-state index contributed by atoms with van der Waals surface area (Å²) >= 11 is 0. The molecule has 7 heteroatoms. The Kier molecular flexibility index (Phi) is 4.90. The van der Waals surface area contributed by atoms with Gasteiger partial charge in [0, 0.05) is 29.9 Å². The number of nitrogens with zero attached hydrogens (tertiary/aromatic N) is 4. The van der Waals surface area contributed by atoms with Crippen LogP contribution in [0.2, 0.25) is 0 Å². The van der Waals surface area contributed by atoms with Crippen LogP contribution in [-0.4, -0.2) is 45.5 Å². The minimum Gasteiger partial charge on any atom is -0.349 e. The average Bonchev–Trinajstić information content (AvgIpc) is 3.52. The molecule has 186 valence electrons. The number of benzene rings is 2. The molecule has 0 bridgehead atoms. The highest BCUT2D eigenvalue weighted by Crippen LogP contribution is 2.50. The van der Waals surface area contributed by atoms with E-state index >= 15 is 0 Å². The van der Waals surface area contributed by atoms with Gasteiger partial charge in [-0.15, -0.1) is 4.59 Å². The molecule has 1 saturated heterocycles. The van der Waals surface area contributed by atoms with E-state index in [4.69, 9.17) is 10.8 Å². The number of aliphatic imine (C=N–C) groups is 2. The van der Waals surface area contributed by atoms with Crippen molar-refractivity contribution in [1.29, 1.82) is 0 Å². The molecule has 3 aliphatic heterocycles. The van der Waals surface area contributed by atoms with Crippen LogP contribution in [0, 0.1) is 12.8 Å². The van der Waals surface area contributed by atoms with Gasteiger partial charge in [0.25, 0.3) is 5.84 Å². The standard InChI is InChI=1S/C30H31N6O/c1-20-6-8-23(9-7-20)30(12-13-30)29(37)35-15-10-21(11-16-35)27-26-19-32-14-17-36(26,31)28(34-27)25-18-22-4-2-3-5-24(22)33-25/h2-9,14,17-19,21,33H,10-13,15-16,31H2,1H3/q+1. The maximum Gasteiger partial charge on any atom is 0.281 e. The van der Waals surface area contributed by atoms with Crippen LogP contribution in [0.5, 0.6) is 0 Å². The fourth-order valence-electron chi connectivity index (χ4n) is 6.16. The van der Waals surface area contributed by atoms with Gasteiger partial charge in [-0.05, 0) is 50.3 Å². The predicted octanol–water partition coefficient (Wildman–Crippen LogP) is 4.66. The predicted molar refractivity (Wildman–Crippen MR) is 145 cm³/mol. The minimum atomic E-state index is -0.319. The number of fused-ring (bicyclic) bond motifs is 2. The molecular formula is C30H31N6O+. The second-order valence-corrected chi connectivity index (χ2v) is 10.8. The fraction of sp³-hybridized carbons (Fsp3) is 0.300. The molecular weight excluding hydrogens is 460 g/mol. The van der Waals surface area contributed by atoms with Crippen molar-refractivity contribution < 1.29 is 9.39 Å². The number of nitrogens with two attached hydrogens (primary N) is 1. The summed E-state index contributed by atoms with van der Waals surface area (Å²) in [7, 11) is 0. The highest BCUT2D eigenvalue weighted by molar-refractivity contribution is 6.02. The molecule has 1 aliphatic carbocycles. The number of allylic oxidation sites excluding steroid dienone is 2. The van der Waals surface area contributed by atoms with Crippen molar-refractivity contribution in [3.05, 3.63) is 95.2 Å². The third-order valence-corrected chi connectivity index (χ3v) is 8.53. The first-order valence-corrected chi connectivity index (χ1v) is 13.1. The number of nitrogens with one attached hydrogen (secondary N) is 1. The van der Waals surface area contributed by atoms with Crippen molar-refractivity contribution >= 4 is 28.9 Å². The van der Waals surface area contributed by atoms with Gasteiger partial charge in [0.05, 0.1) is 17.8 Å². The minimum absolute atomic E-state index is 0.0152. The Labute approximate surface area is 216 Å². The van der Waals surface area contributed by atoms with Gasteiger partial charge in [0.1, 0.15) is 17.6 Å². The molecule has 0 radical (unpaired) electrons. The molecule has 4 heterocycles. The van der Waals surface area contributed by atoms with Gasteiger partial charge in [-0.2, -0.15) is 10.8 Å². The molecule has 4 aliphatic rings. The number of hydrogen-bond donors (Lipinski definition) is 2. The second kappa shape index (κ2) is 8.10. The van der Waals surface area contributed by atoms with Crippen molar-refractivity contribution in [2.75, 3.05) is 13.1 Å². The fourth-order valence-corrected chi connectivity index (χ4v) is 6.16. The summed E-state index contributed by atoms with van der Waals surface area (Å²) in [5.41, 5.74) is 5.95. The van der Waals surface area contributed by atoms with E-state index in [9.17, 15) is 4.79 Å². The van der Waals surface area contributed by atoms with E-state index in [1.165, 1.54) is 5.56 Å². The zero-order valence-corrected chi connectivity index (χ0v) is 21.0. The smallest absolute Gasteiger partial charge is 0.281 e. The molecule has 7 nitrogen and oxygen atoms in total. The van der Waals surface area contributed by atoms with Crippen LogP contribution in [0.15, 0.2) is 88.4 Å². The van der Waals surface area contributed by atoms with Gasteiger partial charge >= 0.3 is 0 Å². The molecule has 37 heavy (non-hydrogen) atoms. The Morgan fingerprint density at radius 1 is 1.11 bits per heavy atom. The number of piperidine rings is 1. The summed E-state index contributed by atoms with van der Waals surface area (Å²) in [6, 6.07) is 18.8. The molecule has 7 rings (SSSR count). The molecule has 2 aromatic carbocycles. The van der Waals surface area contributed by atoms with Crippen molar-refractivity contribution in [3.63, 3.8) is 0 Å². The molecule has 3 N–H and O–H groups in total. The molecule has 1 amide bonds. The van der Waals surface area contributed by atoms with E-state index in [1.54, 1.807) is 6.20 Å². The molecule has 1 saturated carbocycles. The molecule has 0 spiro atoms. The number of aromatic nitrogens is 1. The van der Waals surface area contributed by atoms with Gasteiger partial charge in [0.15, 0.2) is 0 Å². The van der Waals surface area contributed by atoms with E-state index in [2.05, 4.69) is 64.3 Å². The highest BCUT2D eigenvalue weighted by Gasteiger charge is 2.53. The van der Waals surface area contributed by atoms with Crippen molar-refractivity contribution in [2.45, 2.75) is 38.0 Å². The van der Waals surface area contributed by atoms with Crippen LogP contribution in [-0.2, 0) is 10.2 Å². The summed E-state index contributed by atoms with van der Waals surface area (Å²) in [4.78, 5) is 28.7. The Bertz CT molecular complexity index is 1500. The van der Waals surface area contributed by atoms with Crippen LogP contribution < -0.4 is 5.84 Å². The van der Waals surface area contributed by atoms with Crippen LogP contribution in [0.1, 0.15) is 42.5 Å². The number of amidine groups is 1. The number of carbonyl (C=O) groups excluding carboxylic acids is 1. The maximum atomic E-state index is 13.6. The quantitative estimate of drug-likeness (QED) is 0.411. The second-order valence-electron chi connectivity index (χ2n) is 10.8. The Morgan fingerprint density at radius 2 is 1.86 bits per heavy atom. The number of rotatable bonds is 4. The van der Waals surface area contributed by atoms with E-state index in [0.717, 1.165) is 78.2 Å². The summed E-state index contributed by atoms with van der Waals surface area (Å²) in [5.74, 6) is 8.25. The Hall–Kier alpha value is -3.81.